The Labute approximate surface area is 217 Å². The Bertz CT molecular complexity index is 1250. The second-order valence-corrected chi connectivity index (χ2v) is 8.54. The lowest BCUT2D eigenvalue weighted by atomic mass is 9.81. The number of aryl methyl sites for hydroxylation is 2. The molecule has 0 amide bonds. The normalized spacial score (nSPS) is 12.0. The highest BCUT2D eigenvalue weighted by Gasteiger charge is 2.46. The van der Waals surface area contributed by atoms with Crippen LogP contribution >= 0.6 is 0 Å². The van der Waals surface area contributed by atoms with Crippen LogP contribution in [0.25, 0.3) is 0 Å². The Balaban J connectivity index is 1.76. The Morgan fingerprint density at radius 2 is 1.35 bits per heavy atom. The Kier molecular flexibility index (Phi) is 8.15. The van der Waals surface area contributed by atoms with Gasteiger partial charge in [0.25, 0.3) is 0 Å². The first-order valence-corrected chi connectivity index (χ1v) is 11.9. The maximum absolute atomic E-state index is 13.0. The average molecular weight is 499 g/mol. The van der Waals surface area contributed by atoms with Crippen LogP contribution in [-0.4, -0.2) is 42.9 Å². The largest absolute Gasteiger partial charge is 0.497 e. The number of benzene rings is 3. The first-order chi connectivity index (χ1) is 18.0. The van der Waals surface area contributed by atoms with E-state index in [2.05, 4.69) is 9.97 Å². The molecule has 0 spiro atoms. The third kappa shape index (κ3) is 5.78. The van der Waals surface area contributed by atoms with Crippen LogP contribution in [0.1, 0.15) is 32.9 Å². The number of rotatable bonds is 10. The van der Waals surface area contributed by atoms with Gasteiger partial charge in [0.15, 0.2) is 11.7 Å². The number of carbonyl (C=O) groups is 1. The molecular formula is C30H30N2O5. The lowest BCUT2D eigenvalue weighted by molar-refractivity contribution is -0.0917. The van der Waals surface area contributed by atoms with E-state index in [-0.39, 0.29) is 12.6 Å². The van der Waals surface area contributed by atoms with E-state index >= 15 is 0 Å². The first kappa shape index (κ1) is 25.9. The van der Waals surface area contributed by atoms with Crippen LogP contribution in [-0.2, 0) is 15.1 Å². The van der Waals surface area contributed by atoms with Crippen LogP contribution in [0.5, 0.6) is 11.8 Å². The van der Waals surface area contributed by atoms with E-state index in [1.54, 1.807) is 38.5 Å². The average Bonchev–Trinajstić information content (AvgIpc) is 2.93. The van der Waals surface area contributed by atoms with Crippen molar-refractivity contribution in [1.29, 1.82) is 0 Å². The van der Waals surface area contributed by atoms with Crippen molar-refractivity contribution >= 4 is 5.97 Å². The van der Waals surface area contributed by atoms with E-state index in [0.717, 1.165) is 22.5 Å². The molecule has 0 fully saturated rings. The standard InChI is InChI=1S/C30H30N2O5/c1-21-19-22(2)32-29(31-21)37-27(20-36-28(33)23-15-17-26(34-3)18-16-23)30(35-4,24-11-7-5-8-12-24)25-13-9-6-10-14-25/h5-19,27H,20H2,1-4H3/t27-/m1/s1. The maximum atomic E-state index is 13.0. The minimum Gasteiger partial charge on any atom is -0.497 e. The summed E-state index contributed by atoms with van der Waals surface area (Å²) in [6.07, 6.45) is -0.828. The molecule has 1 aromatic heterocycles. The zero-order valence-corrected chi connectivity index (χ0v) is 21.4. The summed E-state index contributed by atoms with van der Waals surface area (Å²) in [6.45, 7) is 3.62. The summed E-state index contributed by atoms with van der Waals surface area (Å²) in [4.78, 5) is 21.9. The predicted octanol–water partition coefficient (Wildman–Crippen LogP) is 5.30. The summed E-state index contributed by atoms with van der Waals surface area (Å²) in [5.41, 5.74) is 2.45. The highest BCUT2D eigenvalue weighted by molar-refractivity contribution is 5.89. The summed E-state index contributed by atoms with van der Waals surface area (Å²) in [5, 5.41) is 0. The summed E-state index contributed by atoms with van der Waals surface area (Å²) in [6, 6.07) is 28.2. The van der Waals surface area contributed by atoms with Crippen molar-refractivity contribution < 1.29 is 23.7 Å². The number of hydrogen-bond acceptors (Lipinski definition) is 7. The molecule has 0 unspecified atom stereocenters. The van der Waals surface area contributed by atoms with Crippen LogP contribution in [0.4, 0.5) is 0 Å². The number of ether oxygens (including phenoxy) is 4. The third-order valence-corrected chi connectivity index (χ3v) is 6.08. The number of methoxy groups -OCH3 is 2. The van der Waals surface area contributed by atoms with Crippen molar-refractivity contribution in [3.8, 4) is 11.8 Å². The fourth-order valence-corrected chi connectivity index (χ4v) is 4.35. The molecule has 7 heteroatoms. The fraction of sp³-hybridized carbons (Fsp3) is 0.233. The topological polar surface area (TPSA) is 79.8 Å². The predicted molar refractivity (Wildman–Crippen MR) is 140 cm³/mol. The van der Waals surface area contributed by atoms with Gasteiger partial charge in [0.1, 0.15) is 12.4 Å². The van der Waals surface area contributed by atoms with Gasteiger partial charge in [0.2, 0.25) is 0 Å². The SMILES string of the molecule is COc1ccc(C(=O)OC[C@@H](Oc2nc(C)cc(C)n2)C(OC)(c2ccccc2)c2ccccc2)cc1. The number of aromatic nitrogens is 2. The molecule has 7 nitrogen and oxygen atoms in total. The molecule has 3 aromatic carbocycles. The summed E-state index contributed by atoms with van der Waals surface area (Å²) >= 11 is 0. The van der Waals surface area contributed by atoms with E-state index in [4.69, 9.17) is 18.9 Å². The molecule has 4 rings (SSSR count). The molecule has 0 aliphatic carbocycles. The van der Waals surface area contributed by atoms with Crippen LogP contribution in [0.3, 0.4) is 0 Å². The van der Waals surface area contributed by atoms with Crippen LogP contribution in [0.2, 0.25) is 0 Å². The molecular weight excluding hydrogens is 468 g/mol. The lowest BCUT2D eigenvalue weighted by Gasteiger charge is -2.39. The van der Waals surface area contributed by atoms with E-state index in [1.807, 2.05) is 80.6 Å². The van der Waals surface area contributed by atoms with Crippen molar-refractivity contribution in [2.45, 2.75) is 25.6 Å². The van der Waals surface area contributed by atoms with E-state index in [1.165, 1.54) is 0 Å². The van der Waals surface area contributed by atoms with Gasteiger partial charge >= 0.3 is 12.0 Å². The van der Waals surface area contributed by atoms with Crippen LogP contribution < -0.4 is 9.47 Å². The van der Waals surface area contributed by atoms with Crippen molar-refractivity contribution in [3.63, 3.8) is 0 Å². The molecule has 0 aliphatic rings. The molecule has 0 bridgehead atoms. The molecule has 1 heterocycles. The summed E-state index contributed by atoms with van der Waals surface area (Å²) in [7, 11) is 3.19. The molecule has 190 valence electrons. The highest BCUT2D eigenvalue weighted by atomic mass is 16.6. The van der Waals surface area contributed by atoms with Gasteiger partial charge in [-0.15, -0.1) is 0 Å². The van der Waals surface area contributed by atoms with Crippen molar-refractivity contribution in [2.75, 3.05) is 20.8 Å². The monoisotopic (exact) mass is 498 g/mol. The Morgan fingerprint density at radius 1 is 0.811 bits per heavy atom. The van der Waals surface area contributed by atoms with Crippen LogP contribution in [0, 0.1) is 13.8 Å². The van der Waals surface area contributed by atoms with Gasteiger partial charge in [-0.25, -0.2) is 14.8 Å². The summed E-state index contributed by atoms with van der Waals surface area (Å²) < 4.78 is 23.7. The van der Waals surface area contributed by atoms with Crippen molar-refractivity contribution in [3.05, 3.63) is 119 Å². The minimum absolute atomic E-state index is 0.126. The quantitative estimate of drug-likeness (QED) is 0.275. The van der Waals surface area contributed by atoms with Gasteiger partial charge in [0, 0.05) is 18.5 Å². The second kappa shape index (κ2) is 11.7. The fourth-order valence-electron chi connectivity index (χ4n) is 4.35. The van der Waals surface area contributed by atoms with Gasteiger partial charge < -0.3 is 18.9 Å². The van der Waals surface area contributed by atoms with Gasteiger partial charge in [-0.2, -0.15) is 0 Å². The highest BCUT2D eigenvalue weighted by Crippen LogP contribution is 2.38. The van der Waals surface area contributed by atoms with Gasteiger partial charge in [0.05, 0.1) is 12.7 Å². The lowest BCUT2D eigenvalue weighted by Crippen LogP contribution is -2.49. The summed E-state index contributed by atoms with van der Waals surface area (Å²) in [5.74, 6) is 0.153. The molecule has 37 heavy (non-hydrogen) atoms. The van der Waals surface area contributed by atoms with E-state index in [9.17, 15) is 4.79 Å². The smallest absolute Gasteiger partial charge is 0.338 e. The zero-order chi connectivity index (χ0) is 26.3. The van der Waals surface area contributed by atoms with Gasteiger partial charge in [-0.3, -0.25) is 0 Å². The number of carbonyl (C=O) groups excluding carboxylic acids is 1. The molecule has 4 aromatic rings. The molecule has 0 N–H and O–H groups in total. The zero-order valence-electron chi connectivity index (χ0n) is 21.4. The second-order valence-electron chi connectivity index (χ2n) is 8.54. The van der Waals surface area contributed by atoms with Crippen molar-refractivity contribution in [1.82, 2.24) is 9.97 Å². The minimum atomic E-state index is -1.14. The van der Waals surface area contributed by atoms with Gasteiger partial charge in [-0.1, -0.05) is 60.7 Å². The van der Waals surface area contributed by atoms with Crippen molar-refractivity contribution in [2.24, 2.45) is 0 Å². The molecule has 0 radical (unpaired) electrons. The Hall–Kier alpha value is -4.23. The molecule has 0 saturated heterocycles. The van der Waals surface area contributed by atoms with Gasteiger partial charge in [-0.05, 0) is 55.3 Å². The van der Waals surface area contributed by atoms with E-state index < -0.39 is 17.7 Å². The van der Waals surface area contributed by atoms with E-state index in [0.29, 0.717) is 11.3 Å². The number of nitrogens with zero attached hydrogens (tertiary/aromatic N) is 2. The first-order valence-electron chi connectivity index (χ1n) is 11.9. The third-order valence-electron chi connectivity index (χ3n) is 6.08. The van der Waals surface area contributed by atoms with Crippen LogP contribution in [0.15, 0.2) is 91.0 Å². The molecule has 0 saturated carbocycles. The molecule has 0 aliphatic heterocycles. The maximum Gasteiger partial charge on any atom is 0.338 e. The number of esters is 1. The Morgan fingerprint density at radius 3 is 1.84 bits per heavy atom. The molecule has 1 atom stereocenters. The number of hydrogen-bond donors (Lipinski definition) is 0.